The van der Waals surface area contributed by atoms with Crippen molar-refractivity contribution in [1.29, 1.82) is 0 Å². The Kier molecular flexibility index (Phi) is 4.11. The zero-order valence-electron chi connectivity index (χ0n) is 9.05. The van der Waals surface area contributed by atoms with Gasteiger partial charge in [-0.3, -0.25) is 0 Å². The van der Waals surface area contributed by atoms with Gasteiger partial charge in [0.1, 0.15) is 0 Å². The molecule has 1 nitrogen and oxygen atoms in total. The molecule has 0 aromatic rings. The molecule has 3 atom stereocenters. The van der Waals surface area contributed by atoms with Gasteiger partial charge < -0.3 is 5.11 Å². The van der Waals surface area contributed by atoms with Crippen molar-refractivity contribution in [2.75, 3.05) is 5.75 Å². The van der Waals surface area contributed by atoms with Crippen molar-refractivity contribution < 1.29 is 5.11 Å². The van der Waals surface area contributed by atoms with Crippen LogP contribution in [0.4, 0.5) is 0 Å². The maximum absolute atomic E-state index is 10.2. The van der Waals surface area contributed by atoms with Gasteiger partial charge in [0.05, 0.1) is 6.10 Å². The van der Waals surface area contributed by atoms with Gasteiger partial charge in [-0.15, -0.1) is 0 Å². The topological polar surface area (TPSA) is 20.2 Å². The predicted octanol–water partition coefficient (Wildman–Crippen LogP) is 3.07. The summed E-state index contributed by atoms with van der Waals surface area (Å²) >= 11 is 1.96. The van der Waals surface area contributed by atoms with Crippen LogP contribution in [0.5, 0.6) is 0 Å². The first kappa shape index (κ1) is 11.4. The molecule has 0 radical (unpaired) electrons. The summed E-state index contributed by atoms with van der Waals surface area (Å²) in [5.74, 6) is 1.69. The third kappa shape index (κ3) is 2.63. The molecule has 0 aromatic carbocycles. The summed E-state index contributed by atoms with van der Waals surface area (Å²) in [6.07, 6.45) is 4.68. The normalized spacial score (nSPS) is 33.2. The summed E-state index contributed by atoms with van der Waals surface area (Å²) in [6.45, 7) is 6.59. The van der Waals surface area contributed by atoms with Gasteiger partial charge in [0.15, 0.2) is 0 Å². The Hall–Kier alpha value is 0.310. The Bertz CT molecular complexity index is 152. The molecule has 1 saturated heterocycles. The van der Waals surface area contributed by atoms with Gasteiger partial charge in [-0.05, 0) is 37.9 Å². The van der Waals surface area contributed by atoms with Crippen LogP contribution in [0.3, 0.4) is 0 Å². The number of hydrogen-bond acceptors (Lipinski definition) is 2. The average Bonchev–Trinajstić information content (AvgIpc) is 2.52. The predicted molar refractivity (Wildman–Crippen MR) is 60.2 cm³/mol. The summed E-state index contributed by atoms with van der Waals surface area (Å²) in [5, 5.41) is 10.2. The van der Waals surface area contributed by atoms with Crippen LogP contribution < -0.4 is 0 Å². The maximum atomic E-state index is 10.2. The first-order valence-electron chi connectivity index (χ1n) is 5.42. The van der Waals surface area contributed by atoms with Crippen molar-refractivity contribution in [1.82, 2.24) is 0 Å². The first-order valence-corrected chi connectivity index (χ1v) is 6.40. The number of aliphatic hydroxyl groups is 1. The third-order valence-corrected chi connectivity index (χ3v) is 4.76. The fourth-order valence-electron chi connectivity index (χ4n) is 2.25. The molecular weight excluding hydrogens is 180 g/mol. The summed E-state index contributed by atoms with van der Waals surface area (Å²) in [7, 11) is 0. The van der Waals surface area contributed by atoms with Crippen LogP contribution >= 0.6 is 11.8 Å². The quantitative estimate of drug-likeness (QED) is 0.756. The third-order valence-electron chi connectivity index (χ3n) is 3.16. The van der Waals surface area contributed by atoms with E-state index in [1.54, 1.807) is 0 Å². The van der Waals surface area contributed by atoms with Crippen molar-refractivity contribution in [3.8, 4) is 0 Å². The molecule has 0 aromatic heterocycles. The molecule has 1 N–H and O–H groups in total. The fraction of sp³-hybridized carbons (Fsp3) is 1.00. The Morgan fingerprint density at radius 1 is 1.54 bits per heavy atom. The van der Waals surface area contributed by atoms with Crippen LogP contribution in [0, 0.1) is 5.92 Å². The van der Waals surface area contributed by atoms with Crippen LogP contribution in [-0.2, 0) is 0 Å². The van der Waals surface area contributed by atoms with Gasteiger partial charge in [-0.1, -0.05) is 20.3 Å². The minimum absolute atomic E-state index is 0.111. The highest BCUT2D eigenvalue weighted by Gasteiger charge is 2.39. The Balaban J connectivity index is 2.49. The lowest BCUT2D eigenvalue weighted by Crippen LogP contribution is -2.38. The highest BCUT2D eigenvalue weighted by Crippen LogP contribution is 2.43. The maximum Gasteiger partial charge on any atom is 0.0709 e. The Labute approximate surface area is 86.3 Å². The van der Waals surface area contributed by atoms with Crippen LogP contribution in [0.1, 0.15) is 46.5 Å². The molecule has 13 heavy (non-hydrogen) atoms. The molecule has 0 bridgehead atoms. The van der Waals surface area contributed by atoms with E-state index in [1.807, 2.05) is 11.8 Å². The molecule has 1 aliphatic rings. The van der Waals surface area contributed by atoms with Crippen molar-refractivity contribution in [3.05, 3.63) is 0 Å². The van der Waals surface area contributed by atoms with E-state index in [1.165, 1.54) is 25.0 Å². The van der Waals surface area contributed by atoms with Gasteiger partial charge in [0.25, 0.3) is 0 Å². The molecule has 0 spiro atoms. The second-order valence-electron chi connectivity index (χ2n) is 4.48. The Morgan fingerprint density at radius 3 is 2.69 bits per heavy atom. The van der Waals surface area contributed by atoms with E-state index in [4.69, 9.17) is 0 Å². The molecule has 3 unspecified atom stereocenters. The van der Waals surface area contributed by atoms with E-state index in [0.717, 1.165) is 6.42 Å². The summed E-state index contributed by atoms with van der Waals surface area (Å²) < 4.78 is 0.147. The molecular formula is C11H22OS. The molecule has 1 heterocycles. The summed E-state index contributed by atoms with van der Waals surface area (Å²) in [5.41, 5.74) is 0. The smallest absolute Gasteiger partial charge is 0.0709 e. The van der Waals surface area contributed by atoms with E-state index in [-0.39, 0.29) is 10.9 Å². The largest absolute Gasteiger partial charge is 0.391 e. The summed E-state index contributed by atoms with van der Waals surface area (Å²) in [6, 6.07) is 0. The van der Waals surface area contributed by atoms with Crippen LogP contribution in [0.15, 0.2) is 0 Å². The monoisotopic (exact) mass is 202 g/mol. The van der Waals surface area contributed by atoms with Crippen molar-refractivity contribution >= 4 is 11.8 Å². The lowest BCUT2D eigenvalue weighted by atomic mass is 9.87. The lowest BCUT2D eigenvalue weighted by Gasteiger charge is -2.33. The van der Waals surface area contributed by atoms with Gasteiger partial charge in [0.2, 0.25) is 0 Å². The first-order chi connectivity index (χ1) is 6.10. The fourth-order valence-corrected chi connectivity index (χ4v) is 3.70. The molecule has 1 aliphatic heterocycles. The number of thioether (sulfide) groups is 1. The summed E-state index contributed by atoms with van der Waals surface area (Å²) in [4.78, 5) is 0. The number of hydrogen-bond donors (Lipinski definition) is 1. The molecule has 1 rings (SSSR count). The van der Waals surface area contributed by atoms with Gasteiger partial charge in [-0.25, -0.2) is 0 Å². The van der Waals surface area contributed by atoms with Crippen molar-refractivity contribution in [3.63, 3.8) is 0 Å². The van der Waals surface area contributed by atoms with E-state index >= 15 is 0 Å². The highest BCUT2D eigenvalue weighted by molar-refractivity contribution is 8.00. The number of aliphatic hydroxyl groups excluding tert-OH is 1. The second-order valence-corrected chi connectivity index (χ2v) is 6.11. The minimum atomic E-state index is -0.111. The molecule has 2 heteroatoms. The molecule has 0 aliphatic carbocycles. The SMILES string of the molecule is CCCC(C)C(O)C1(C)CCCS1. The molecule has 78 valence electrons. The minimum Gasteiger partial charge on any atom is -0.391 e. The van der Waals surface area contributed by atoms with Crippen molar-refractivity contribution in [2.45, 2.75) is 57.3 Å². The lowest BCUT2D eigenvalue weighted by molar-refractivity contribution is 0.0760. The van der Waals surface area contributed by atoms with E-state index in [0.29, 0.717) is 5.92 Å². The number of rotatable bonds is 4. The van der Waals surface area contributed by atoms with Crippen LogP contribution in [-0.4, -0.2) is 21.7 Å². The van der Waals surface area contributed by atoms with Gasteiger partial charge >= 0.3 is 0 Å². The molecule has 0 amide bonds. The van der Waals surface area contributed by atoms with E-state index < -0.39 is 0 Å². The van der Waals surface area contributed by atoms with Crippen LogP contribution in [0.2, 0.25) is 0 Å². The molecule has 1 fully saturated rings. The van der Waals surface area contributed by atoms with E-state index in [9.17, 15) is 5.11 Å². The molecule has 0 saturated carbocycles. The zero-order chi connectivity index (χ0) is 9.90. The Morgan fingerprint density at radius 2 is 2.23 bits per heavy atom. The standard InChI is InChI=1S/C11H22OS/c1-4-6-9(2)10(12)11(3)7-5-8-13-11/h9-10,12H,4-8H2,1-3H3. The van der Waals surface area contributed by atoms with E-state index in [2.05, 4.69) is 20.8 Å². The van der Waals surface area contributed by atoms with Crippen molar-refractivity contribution in [2.24, 2.45) is 5.92 Å². The van der Waals surface area contributed by atoms with Crippen LogP contribution in [0.25, 0.3) is 0 Å². The van der Waals surface area contributed by atoms with Gasteiger partial charge in [0, 0.05) is 4.75 Å². The van der Waals surface area contributed by atoms with Gasteiger partial charge in [-0.2, -0.15) is 11.8 Å². The second kappa shape index (κ2) is 4.70. The highest BCUT2D eigenvalue weighted by atomic mass is 32.2. The average molecular weight is 202 g/mol. The zero-order valence-corrected chi connectivity index (χ0v) is 9.86.